The van der Waals surface area contributed by atoms with E-state index in [2.05, 4.69) is 66.2 Å². The van der Waals surface area contributed by atoms with E-state index in [9.17, 15) is 0 Å². The van der Waals surface area contributed by atoms with E-state index in [0.29, 0.717) is 0 Å². The number of aryl methyl sites for hydroxylation is 1. The summed E-state index contributed by atoms with van der Waals surface area (Å²) in [4.78, 5) is 4.14. The molecular weight excluding hydrogens is 254 g/mol. The van der Waals surface area contributed by atoms with Crippen LogP contribution in [0.15, 0.2) is 84.0 Å². The van der Waals surface area contributed by atoms with Crippen molar-refractivity contribution < 1.29 is 0 Å². The quantitative estimate of drug-likeness (QED) is 0.638. The van der Waals surface area contributed by atoms with Gasteiger partial charge in [-0.05, 0) is 35.3 Å². The van der Waals surface area contributed by atoms with Crippen molar-refractivity contribution in [3.63, 3.8) is 0 Å². The average molecular weight is 273 g/mol. The molecule has 0 amide bonds. The Hall–Kier alpha value is -2.41. The topological polar surface area (TPSA) is 12.4 Å². The maximum absolute atomic E-state index is 4.14. The normalized spacial score (nSPS) is 13.4. The summed E-state index contributed by atoms with van der Waals surface area (Å²) >= 11 is 0. The molecule has 0 saturated heterocycles. The lowest BCUT2D eigenvalue weighted by atomic mass is 10.0. The summed E-state index contributed by atoms with van der Waals surface area (Å²) in [7, 11) is 0. The van der Waals surface area contributed by atoms with E-state index in [1.807, 2.05) is 12.3 Å². The van der Waals surface area contributed by atoms with Crippen molar-refractivity contribution in [2.24, 2.45) is 4.99 Å². The molecular formula is C20H19N. The Labute approximate surface area is 126 Å². The van der Waals surface area contributed by atoms with Crippen LogP contribution in [-0.4, -0.2) is 5.71 Å². The van der Waals surface area contributed by atoms with E-state index in [1.165, 1.54) is 21.9 Å². The van der Waals surface area contributed by atoms with Crippen LogP contribution in [0, 0.1) is 0 Å². The summed E-state index contributed by atoms with van der Waals surface area (Å²) < 4.78 is 0. The Kier molecular flexibility index (Phi) is 4.11. The Balaban J connectivity index is 1.54. The largest absolute Gasteiger partial charge is 0.261 e. The van der Waals surface area contributed by atoms with Crippen LogP contribution in [0.25, 0.3) is 10.8 Å². The van der Waals surface area contributed by atoms with Crippen molar-refractivity contribution >= 4 is 16.5 Å². The van der Waals surface area contributed by atoms with Crippen LogP contribution in [0.5, 0.6) is 0 Å². The molecule has 2 aromatic carbocycles. The number of hydrogen-bond donors (Lipinski definition) is 0. The first-order valence-electron chi connectivity index (χ1n) is 7.36. The van der Waals surface area contributed by atoms with Crippen molar-refractivity contribution in [1.29, 1.82) is 0 Å². The molecule has 0 radical (unpaired) electrons. The summed E-state index contributed by atoms with van der Waals surface area (Å²) in [5.74, 6) is 0. The molecule has 0 saturated carbocycles. The van der Waals surface area contributed by atoms with Crippen LogP contribution in [0.2, 0.25) is 0 Å². The van der Waals surface area contributed by atoms with Crippen molar-refractivity contribution in [2.45, 2.75) is 19.3 Å². The van der Waals surface area contributed by atoms with Gasteiger partial charge in [0.15, 0.2) is 0 Å². The second-order valence-electron chi connectivity index (χ2n) is 5.38. The fourth-order valence-electron chi connectivity index (χ4n) is 2.43. The first-order chi connectivity index (χ1) is 10.3. The molecule has 0 spiro atoms. The number of allylic oxidation sites excluding steroid dienone is 4. The molecule has 3 rings (SSSR count). The van der Waals surface area contributed by atoms with E-state index < -0.39 is 0 Å². The minimum atomic E-state index is 0.908. The zero-order chi connectivity index (χ0) is 14.5. The van der Waals surface area contributed by atoms with Gasteiger partial charge in [-0.2, -0.15) is 0 Å². The molecule has 2 aromatic rings. The molecule has 1 heteroatoms. The SMILES string of the molecule is C=C(/C=C\CC1=NC=C1)CCc1ccc2ccccc2c1. The highest BCUT2D eigenvalue weighted by Gasteiger charge is 1.99. The van der Waals surface area contributed by atoms with Gasteiger partial charge in [-0.15, -0.1) is 0 Å². The first-order valence-corrected chi connectivity index (χ1v) is 7.36. The minimum Gasteiger partial charge on any atom is -0.261 e. The zero-order valence-corrected chi connectivity index (χ0v) is 12.1. The highest BCUT2D eigenvalue weighted by Crippen LogP contribution is 2.18. The third-order valence-electron chi connectivity index (χ3n) is 3.74. The number of aliphatic imine (C=N–C) groups is 1. The Morgan fingerprint density at radius 3 is 2.67 bits per heavy atom. The molecule has 0 aliphatic carbocycles. The molecule has 0 bridgehead atoms. The smallest absolute Gasteiger partial charge is 0.0456 e. The lowest BCUT2D eigenvalue weighted by Crippen LogP contribution is -1.96. The first kappa shape index (κ1) is 13.6. The lowest BCUT2D eigenvalue weighted by molar-refractivity contribution is 0.970. The summed E-state index contributed by atoms with van der Waals surface area (Å²) in [5, 5.41) is 2.61. The van der Waals surface area contributed by atoms with Crippen LogP contribution in [-0.2, 0) is 6.42 Å². The van der Waals surface area contributed by atoms with E-state index >= 15 is 0 Å². The third kappa shape index (κ3) is 3.57. The number of benzene rings is 2. The Morgan fingerprint density at radius 1 is 1.10 bits per heavy atom. The van der Waals surface area contributed by atoms with Crippen LogP contribution in [0.3, 0.4) is 0 Å². The standard InChI is InChI=1S/C20H19N/c1-16(5-4-8-20-13-14-21-20)9-10-17-11-12-18-6-2-3-7-19(18)15-17/h2-7,11-15H,1,8-10H2/b5-4-. The fraction of sp³-hybridized carbons (Fsp3) is 0.150. The molecule has 0 unspecified atom stereocenters. The molecule has 0 atom stereocenters. The maximum Gasteiger partial charge on any atom is 0.0456 e. The van der Waals surface area contributed by atoms with Crippen LogP contribution in [0.4, 0.5) is 0 Å². The molecule has 0 aromatic heterocycles. The van der Waals surface area contributed by atoms with Gasteiger partial charge in [-0.3, -0.25) is 4.99 Å². The number of hydrogen-bond acceptors (Lipinski definition) is 1. The van der Waals surface area contributed by atoms with Gasteiger partial charge in [0, 0.05) is 18.3 Å². The van der Waals surface area contributed by atoms with E-state index in [-0.39, 0.29) is 0 Å². The van der Waals surface area contributed by atoms with E-state index in [4.69, 9.17) is 0 Å². The molecule has 1 nitrogen and oxygen atoms in total. The van der Waals surface area contributed by atoms with Gasteiger partial charge in [-0.25, -0.2) is 0 Å². The van der Waals surface area contributed by atoms with Gasteiger partial charge in [-0.1, -0.05) is 66.8 Å². The highest BCUT2D eigenvalue weighted by atomic mass is 14.7. The lowest BCUT2D eigenvalue weighted by Gasteiger charge is -2.05. The molecule has 104 valence electrons. The van der Waals surface area contributed by atoms with Gasteiger partial charge in [0.1, 0.15) is 0 Å². The molecule has 1 aliphatic rings. The van der Waals surface area contributed by atoms with Crippen molar-refractivity contribution in [3.8, 4) is 0 Å². The molecule has 0 N–H and O–H groups in total. The van der Waals surface area contributed by atoms with Gasteiger partial charge in [0.05, 0.1) is 0 Å². The Morgan fingerprint density at radius 2 is 1.90 bits per heavy atom. The molecule has 1 heterocycles. The second kappa shape index (κ2) is 6.36. The predicted octanol–water partition coefficient (Wildman–Crippen LogP) is 5.24. The van der Waals surface area contributed by atoms with E-state index in [0.717, 1.165) is 25.0 Å². The Bertz CT molecular complexity index is 747. The molecule has 0 fully saturated rings. The van der Waals surface area contributed by atoms with Crippen molar-refractivity contribution in [1.82, 2.24) is 0 Å². The summed E-state index contributed by atoms with van der Waals surface area (Å²) in [6.07, 6.45) is 11.1. The summed E-state index contributed by atoms with van der Waals surface area (Å²) in [6.45, 7) is 4.13. The highest BCUT2D eigenvalue weighted by molar-refractivity contribution is 6.00. The van der Waals surface area contributed by atoms with Crippen molar-refractivity contribution in [2.75, 3.05) is 0 Å². The minimum absolute atomic E-state index is 0.908. The van der Waals surface area contributed by atoms with Crippen molar-refractivity contribution in [3.05, 3.63) is 84.6 Å². The number of rotatable bonds is 6. The van der Waals surface area contributed by atoms with Crippen LogP contribution in [0.1, 0.15) is 18.4 Å². The summed E-state index contributed by atoms with van der Waals surface area (Å²) in [6, 6.07) is 15.2. The second-order valence-corrected chi connectivity index (χ2v) is 5.38. The summed E-state index contributed by atoms with van der Waals surface area (Å²) in [5.41, 5.74) is 3.69. The monoisotopic (exact) mass is 273 g/mol. The third-order valence-corrected chi connectivity index (χ3v) is 3.74. The number of fused-ring (bicyclic) bond motifs is 1. The maximum atomic E-state index is 4.14. The molecule has 21 heavy (non-hydrogen) atoms. The number of nitrogens with zero attached hydrogens (tertiary/aromatic N) is 1. The average Bonchev–Trinajstić information content (AvgIpc) is 2.47. The van der Waals surface area contributed by atoms with Crippen LogP contribution < -0.4 is 0 Å². The van der Waals surface area contributed by atoms with Gasteiger partial charge in [0.25, 0.3) is 0 Å². The van der Waals surface area contributed by atoms with Crippen LogP contribution >= 0.6 is 0 Å². The van der Waals surface area contributed by atoms with E-state index in [1.54, 1.807) is 0 Å². The predicted molar refractivity (Wildman–Crippen MR) is 91.7 cm³/mol. The fourth-order valence-corrected chi connectivity index (χ4v) is 2.43. The van der Waals surface area contributed by atoms with Gasteiger partial charge in [0.2, 0.25) is 0 Å². The van der Waals surface area contributed by atoms with Gasteiger partial charge < -0.3 is 0 Å². The molecule has 1 aliphatic heterocycles. The van der Waals surface area contributed by atoms with Gasteiger partial charge >= 0.3 is 0 Å². The zero-order valence-electron chi connectivity index (χ0n) is 12.1.